The highest BCUT2D eigenvalue weighted by Crippen LogP contribution is 2.50. The first-order chi connectivity index (χ1) is 16.4. The molecule has 1 aliphatic carbocycles. The Morgan fingerprint density at radius 1 is 1.06 bits per heavy atom. The number of fused-ring (bicyclic) bond motifs is 1. The van der Waals surface area contributed by atoms with Crippen molar-refractivity contribution in [2.75, 3.05) is 7.11 Å². The van der Waals surface area contributed by atoms with Crippen molar-refractivity contribution in [3.05, 3.63) is 71.0 Å². The first-order valence-corrected chi connectivity index (χ1v) is 11.7. The summed E-state index contributed by atoms with van der Waals surface area (Å²) >= 11 is 0. The highest BCUT2D eigenvalue weighted by atomic mass is 16.5. The topological polar surface area (TPSA) is 113 Å². The lowest BCUT2D eigenvalue weighted by Crippen LogP contribution is -2.44. The number of phenols is 3. The van der Waals surface area contributed by atoms with Crippen LogP contribution in [-0.2, 0) is 11.2 Å². The molecule has 5 atom stereocenters. The number of methoxy groups -OCH3 is 1. The van der Waals surface area contributed by atoms with Crippen LogP contribution in [0.3, 0.4) is 0 Å². The monoisotopic (exact) mass is 464 g/mol. The number of hydrogen-bond acceptors (Lipinski definition) is 6. The van der Waals surface area contributed by atoms with Gasteiger partial charge in [0.15, 0.2) is 11.5 Å². The van der Waals surface area contributed by atoms with Gasteiger partial charge in [0.1, 0.15) is 5.75 Å². The van der Waals surface area contributed by atoms with Gasteiger partial charge in [-0.15, -0.1) is 0 Å². The van der Waals surface area contributed by atoms with Gasteiger partial charge in [-0.05, 0) is 60.9 Å². The van der Waals surface area contributed by atoms with Crippen molar-refractivity contribution in [3.8, 4) is 23.0 Å². The van der Waals surface area contributed by atoms with E-state index < -0.39 is 12.2 Å². The first kappa shape index (κ1) is 22.6. The molecule has 7 heteroatoms. The molecule has 2 heterocycles. The fourth-order valence-corrected chi connectivity index (χ4v) is 5.67. The van der Waals surface area contributed by atoms with Crippen LogP contribution >= 0.6 is 0 Å². The second-order valence-corrected chi connectivity index (χ2v) is 9.42. The van der Waals surface area contributed by atoms with Gasteiger partial charge in [-0.1, -0.05) is 23.8 Å². The molecule has 1 saturated carbocycles. The Balaban J connectivity index is 1.46. The van der Waals surface area contributed by atoms with Gasteiger partial charge in [-0.2, -0.15) is 12.4 Å². The standard InChI is InChI=1S/C27H30NO6/c1-33-27-21(10-15-8-9-28-14-15)20(12-23(31)26(27)32)25-13-22(30)19-7-4-17(11-24(19)34-25)16-2-5-18(29)6-3-16/h2-3,5-6,8-9,12,14,17,19,22,24-25,29-32H,4,7,10-11,13H2,1H3/q-1/t17-,19+,22+,24+,25+/m1/s1. The minimum absolute atomic E-state index is 0.0555. The molecule has 2 aromatic carbocycles. The van der Waals surface area contributed by atoms with Crippen LogP contribution in [0.4, 0.5) is 0 Å². The van der Waals surface area contributed by atoms with Crippen molar-refractivity contribution in [1.29, 1.82) is 0 Å². The third-order valence-electron chi connectivity index (χ3n) is 7.42. The van der Waals surface area contributed by atoms with Gasteiger partial charge >= 0.3 is 0 Å². The summed E-state index contributed by atoms with van der Waals surface area (Å²) < 4.78 is 12.1. The molecule has 34 heavy (non-hydrogen) atoms. The van der Waals surface area contributed by atoms with Crippen LogP contribution in [0.1, 0.15) is 60.0 Å². The lowest BCUT2D eigenvalue weighted by molar-refractivity contribution is -0.154. The quantitative estimate of drug-likeness (QED) is 0.420. The lowest BCUT2D eigenvalue weighted by atomic mass is 9.72. The Morgan fingerprint density at radius 3 is 2.56 bits per heavy atom. The highest BCUT2D eigenvalue weighted by molar-refractivity contribution is 5.59. The number of ether oxygens (including phenoxy) is 2. The van der Waals surface area contributed by atoms with Crippen molar-refractivity contribution >= 4 is 0 Å². The maximum Gasteiger partial charge on any atom is 0.200 e. The zero-order chi connectivity index (χ0) is 23.8. The summed E-state index contributed by atoms with van der Waals surface area (Å²) in [7, 11) is 1.46. The van der Waals surface area contributed by atoms with E-state index in [0.717, 1.165) is 30.4 Å². The Bertz CT molecular complexity index is 1130. The molecule has 5 rings (SSSR count). The number of nitrogens with zero attached hydrogens (tertiary/aromatic N) is 1. The molecule has 0 bridgehead atoms. The predicted octanol–water partition coefficient (Wildman–Crippen LogP) is 4.13. The van der Waals surface area contributed by atoms with E-state index in [0.29, 0.717) is 24.0 Å². The fraction of sp³-hybridized carbons (Fsp3) is 0.407. The van der Waals surface area contributed by atoms with E-state index >= 15 is 0 Å². The zero-order valence-corrected chi connectivity index (χ0v) is 19.1. The molecule has 3 aromatic rings. The van der Waals surface area contributed by atoms with E-state index in [1.54, 1.807) is 24.5 Å². The summed E-state index contributed by atoms with van der Waals surface area (Å²) in [4.78, 5) is 4.12. The SMILES string of the molecule is COc1c(O)c(O)cc([C@@H]2C[C@H](O)[C@@H]3CC[C@@H](c4ccc(O)cc4)C[C@@H]3O2)c1Cc1cc[n-]c1. The largest absolute Gasteiger partial charge is 0.670 e. The van der Waals surface area contributed by atoms with Crippen LogP contribution in [0.2, 0.25) is 0 Å². The van der Waals surface area contributed by atoms with E-state index in [4.69, 9.17) is 9.47 Å². The molecule has 0 spiro atoms. The normalized spacial score (nSPS) is 26.7. The first-order valence-electron chi connectivity index (χ1n) is 11.7. The molecule has 2 fully saturated rings. The minimum Gasteiger partial charge on any atom is -0.670 e. The third kappa shape index (κ3) is 4.21. The van der Waals surface area contributed by atoms with Gasteiger partial charge < -0.3 is 34.9 Å². The summed E-state index contributed by atoms with van der Waals surface area (Å²) in [6, 6.07) is 10.7. The average Bonchev–Trinajstić information content (AvgIpc) is 3.35. The molecular formula is C27H30NO6-. The summed E-state index contributed by atoms with van der Waals surface area (Å²) in [6.07, 6.45) is 5.79. The van der Waals surface area contributed by atoms with Crippen molar-refractivity contribution in [2.24, 2.45) is 5.92 Å². The van der Waals surface area contributed by atoms with E-state index in [1.165, 1.54) is 13.2 Å². The molecular weight excluding hydrogens is 434 g/mol. The van der Waals surface area contributed by atoms with Crippen LogP contribution in [-0.4, -0.2) is 39.7 Å². The van der Waals surface area contributed by atoms with Gasteiger partial charge in [0.25, 0.3) is 0 Å². The molecule has 2 aliphatic rings. The molecule has 4 N–H and O–H groups in total. The fourth-order valence-electron chi connectivity index (χ4n) is 5.67. The van der Waals surface area contributed by atoms with E-state index in [-0.39, 0.29) is 40.9 Å². The highest BCUT2D eigenvalue weighted by Gasteiger charge is 2.43. The zero-order valence-electron chi connectivity index (χ0n) is 19.1. The van der Waals surface area contributed by atoms with Crippen molar-refractivity contribution in [1.82, 2.24) is 4.98 Å². The van der Waals surface area contributed by atoms with Crippen LogP contribution < -0.4 is 9.72 Å². The lowest BCUT2D eigenvalue weighted by Gasteiger charge is -2.45. The summed E-state index contributed by atoms with van der Waals surface area (Å²) in [6.45, 7) is 0. The number of phenolic OH excluding ortho intramolecular Hbond substituents is 3. The Labute approximate surface area is 198 Å². The number of benzene rings is 2. The van der Waals surface area contributed by atoms with Gasteiger partial charge in [-0.25, -0.2) is 0 Å². The number of hydrogen-bond donors (Lipinski definition) is 4. The van der Waals surface area contributed by atoms with E-state index in [2.05, 4.69) is 4.98 Å². The minimum atomic E-state index is -0.528. The molecule has 1 aromatic heterocycles. The number of aromatic hydroxyl groups is 3. The maximum atomic E-state index is 11.1. The number of aromatic nitrogens is 1. The smallest absolute Gasteiger partial charge is 0.200 e. The number of rotatable bonds is 5. The molecule has 1 aliphatic heterocycles. The van der Waals surface area contributed by atoms with Crippen molar-refractivity contribution in [3.63, 3.8) is 0 Å². The number of aliphatic hydroxyl groups excluding tert-OH is 1. The molecule has 1 saturated heterocycles. The number of aliphatic hydroxyl groups is 1. The Hall–Kier alpha value is -3.16. The van der Waals surface area contributed by atoms with Gasteiger partial charge in [0, 0.05) is 17.9 Å². The molecule has 180 valence electrons. The van der Waals surface area contributed by atoms with E-state index in [1.807, 2.05) is 18.2 Å². The van der Waals surface area contributed by atoms with E-state index in [9.17, 15) is 20.4 Å². The van der Waals surface area contributed by atoms with Crippen LogP contribution in [0.25, 0.3) is 0 Å². The van der Waals surface area contributed by atoms with Crippen LogP contribution in [0, 0.1) is 5.92 Å². The van der Waals surface area contributed by atoms with Crippen LogP contribution in [0.5, 0.6) is 23.0 Å². The molecule has 0 amide bonds. The maximum absolute atomic E-state index is 11.1. The Kier molecular flexibility index (Phi) is 6.15. The predicted molar refractivity (Wildman–Crippen MR) is 125 cm³/mol. The molecule has 7 nitrogen and oxygen atoms in total. The second kappa shape index (κ2) is 9.24. The van der Waals surface area contributed by atoms with Gasteiger partial charge in [-0.3, -0.25) is 0 Å². The van der Waals surface area contributed by atoms with Gasteiger partial charge in [0.05, 0.1) is 25.4 Å². The summed E-state index contributed by atoms with van der Waals surface area (Å²) in [5.41, 5.74) is 3.53. The van der Waals surface area contributed by atoms with Crippen molar-refractivity contribution < 1.29 is 29.9 Å². The van der Waals surface area contributed by atoms with Crippen LogP contribution in [0.15, 0.2) is 48.8 Å². The summed E-state index contributed by atoms with van der Waals surface area (Å²) in [5, 5.41) is 41.6. The summed E-state index contributed by atoms with van der Waals surface area (Å²) in [5.74, 6) is 0.213. The Morgan fingerprint density at radius 2 is 1.85 bits per heavy atom. The molecule has 0 unspecified atom stereocenters. The van der Waals surface area contributed by atoms with Gasteiger partial charge in [0.2, 0.25) is 5.75 Å². The molecule has 0 radical (unpaired) electrons. The third-order valence-corrected chi connectivity index (χ3v) is 7.42. The van der Waals surface area contributed by atoms with Crippen molar-refractivity contribution in [2.45, 2.75) is 56.3 Å². The second-order valence-electron chi connectivity index (χ2n) is 9.42. The average molecular weight is 465 g/mol.